The molecule has 2 heteroatoms. The van der Waals surface area contributed by atoms with Crippen molar-refractivity contribution in [1.29, 1.82) is 0 Å². The molecule has 0 radical (unpaired) electrons. The minimum Gasteiger partial charge on any atom is -0.393 e. The van der Waals surface area contributed by atoms with Crippen LogP contribution in [0.4, 0.5) is 0 Å². The highest BCUT2D eigenvalue weighted by Crippen LogP contribution is 2.81. The second kappa shape index (κ2) is 3.70. The predicted molar refractivity (Wildman–Crippen MR) is 81.6 cm³/mol. The van der Waals surface area contributed by atoms with Gasteiger partial charge in [0.25, 0.3) is 0 Å². The van der Waals surface area contributed by atoms with Crippen LogP contribution < -0.4 is 0 Å². The Kier molecular flexibility index (Phi) is 2.35. The number of rotatable bonds is 0. The Hall–Kier alpha value is -0.0800. The average molecular weight is 290 g/mol. The molecule has 0 saturated heterocycles. The molecule has 0 amide bonds. The summed E-state index contributed by atoms with van der Waals surface area (Å²) in [6.07, 6.45) is 9.56. The lowest BCUT2D eigenvalue weighted by Crippen LogP contribution is -2.55. The molecule has 0 aromatic heterocycles. The van der Waals surface area contributed by atoms with E-state index in [2.05, 4.69) is 13.8 Å². The van der Waals surface area contributed by atoms with Crippen molar-refractivity contribution in [3.63, 3.8) is 0 Å². The van der Waals surface area contributed by atoms with Crippen molar-refractivity contribution >= 4 is 0 Å². The highest BCUT2D eigenvalue weighted by molar-refractivity contribution is 5.25. The molecular formula is C19H30O2. The fraction of sp³-hybridized carbons (Fsp3) is 1.00. The summed E-state index contributed by atoms with van der Waals surface area (Å²) < 4.78 is 0. The molecule has 5 fully saturated rings. The third-order valence-corrected chi connectivity index (χ3v) is 9.32. The zero-order valence-corrected chi connectivity index (χ0v) is 13.5. The average Bonchev–Trinajstić information content (AvgIpc) is 2.97. The Labute approximate surface area is 128 Å². The molecule has 0 unspecified atom stereocenters. The molecule has 5 saturated carbocycles. The summed E-state index contributed by atoms with van der Waals surface area (Å²) in [5.41, 5.74) is 1.05. The first-order chi connectivity index (χ1) is 9.91. The third-order valence-electron chi connectivity index (χ3n) is 9.32. The van der Waals surface area contributed by atoms with Crippen LogP contribution in [-0.4, -0.2) is 22.4 Å². The largest absolute Gasteiger partial charge is 0.393 e. The zero-order valence-electron chi connectivity index (χ0n) is 13.5. The van der Waals surface area contributed by atoms with Crippen LogP contribution in [0.25, 0.3) is 0 Å². The summed E-state index contributed by atoms with van der Waals surface area (Å²) in [6.45, 7) is 4.94. The van der Waals surface area contributed by atoms with Crippen molar-refractivity contribution in [2.24, 2.45) is 39.9 Å². The number of hydrogen-bond donors (Lipinski definition) is 2. The first kappa shape index (κ1) is 13.4. The Morgan fingerprint density at radius 2 is 1.71 bits per heavy atom. The van der Waals surface area contributed by atoms with Crippen LogP contribution in [0.3, 0.4) is 0 Å². The van der Waals surface area contributed by atoms with Gasteiger partial charge in [0, 0.05) is 5.41 Å². The van der Waals surface area contributed by atoms with Gasteiger partial charge in [0.15, 0.2) is 0 Å². The van der Waals surface area contributed by atoms with Crippen molar-refractivity contribution in [3.05, 3.63) is 0 Å². The maximum Gasteiger partial charge on any atom is 0.0607 e. The quantitative estimate of drug-likeness (QED) is 0.718. The van der Waals surface area contributed by atoms with Crippen LogP contribution >= 0.6 is 0 Å². The minimum atomic E-state index is -0.0863. The lowest BCUT2D eigenvalue weighted by molar-refractivity contribution is -0.145. The van der Waals surface area contributed by atoms with Crippen molar-refractivity contribution in [3.8, 4) is 0 Å². The monoisotopic (exact) mass is 290 g/mol. The van der Waals surface area contributed by atoms with Crippen LogP contribution in [0.2, 0.25) is 0 Å². The standard InChI is InChI=1S/C19H30O2/c1-17-5-4-14-13(15(17)7-12(20)10-17)8-16(21)19-9-11(19)3-6-18(14,19)2/h11-16,20-21H,3-10H2,1-2H3/t11-,12-,13-,14+,15+,16-,17-,18-,19+/m1/s1. The molecule has 1 spiro atoms. The molecule has 0 aromatic rings. The van der Waals surface area contributed by atoms with Gasteiger partial charge in [-0.3, -0.25) is 0 Å². The van der Waals surface area contributed by atoms with E-state index in [-0.39, 0.29) is 12.2 Å². The Balaban J connectivity index is 1.55. The highest BCUT2D eigenvalue weighted by Gasteiger charge is 2.76. The second-order valence-corrected chi connectivity index (χ2v) is 9.81. The Bertz CT molecular complexity index is 490. The van der Waals surface area contributed by atoms with Gasteiger partial charge in [-0.1, -0.05) is 13.8 Å². The molecule has 2 nitrogen and oxygen atoms in total. The summed E-state index contributed by atoms with van der Waals surface area (Å²) in [4.78, 5) is 0. The van der Waals surface area contributed by atoms with Crippen LogP contribution in [0.15, 0.2) is 0 Å². The van der Waals surface area contributed by atoms with E-state index in [1.165, 1.54) is 32.1 Å². The van der Waals surface area contributed by atoms with E-state index < -0.39 is 0 Å². The molecule has 21 heavy (non-hydrogen) atoms. The van der Waals surface area contributed by atoms with E-state index in [1.54, 1.807) is 0 Å². The fourth-order valence-corrected chi connectivity index (χ4v) is 8.33. The van der Waals surface area contributed by atoms with E-state index in [1.807, 2.05) is 0 Å². The zero-order chi connectivity index (χ0) is 14.6. The van der Waals surface area contributed by atoms with Gasteiger partial charge in [0.1, 0.15) is 0 Å². The SMILES string of the molecule is C[C@]12CC[C@H]3[C@@H](C[C@@H](O)[C@]45C[C@H]4CC[C@]35C)[C@@H]1C[C@@H](O)C2. The van der Waals surface area contributed by atoms with Gasteiger partial charge in [-0.15, -0.1) is 0 Å². The van der Waals surface area contributed by atoms with Gasteiger partial charge < -0.3 is 10.2 Å². The normalized spacial score (nSPS) is 68.0. The van der Waals surface area contributed by atoms with Crippen molar-refractivity contribution in [2.75, 3.05) is 0 Å². The molecule has 118 valence electrons. The Morgan fingerprint density at radius 3 is 2.48 bits per heavy atom. The summed E-state index contributed by atoms with van der Waals surface area (Å²) >= 11 is 0. The van der Waals surface area contributed by atoms with E-state index >= 15 is 0 Å². The maximum atomic E-state index is 11.0. The topological polar surface area (TPSA) is 40.5 Å². The molecular weight excluding hydrogens is 260 g/mol. The number of fused-ring (bicyclic) bond motifs is 4. The van der Waals surface area contributed by atoms with Gasteiger partial charge in [-0.2, -0.15) is 0 Å². The third kappa shape index (κ3) is 1.35. The Morgan fingerprint density at radius 1 is 0.905 bits per heavy atom. The van der Waals surface area contributed by atoms with Crippen LogP contribution in [-0.2, 0) is 0 Å². The number of hydrogen-bond acceptors (Lipinski definition) is 2. The first-order valence-corrected chi connectivity index (χ1v) is 9.27. The molecule has 0 aliphatic heterocycles. The lowest BCUT2D eigenvalue weighted by atomic mass is 9.46. The smallest absolute Gasteiger partial charge is 0.0607 e. The molecule has 9 atom stereocenters. The van der Waals surface area contributed by atoms with Crippen LogP contribution in [0, 0.1) is 39.9 Å². The van der Waals surface area contributed by atoms with Gasteiger partial charge in [0.2, 0.25) is 0 Å². The van der Waals surface area contributed by atoms with E-state index in [0.717, 1.165) is 31.1 Å². The van der Waals surface area contributed by atoms with Crippen LogP contribution in [0.5, 0.6) is 0 Å². The predicted octanol–water partition coefficient (Wildman–Crippen LogP) is 3.36. The van der Waals surface area contributed by atoms with Gasteiger partial charge in [-0.25, -0.2) is 0 Å². The van der Waals surface area contributed by atoms with Crippen LogP contribution in [0.1, 0.15) is 65.2 Å². The minimum absolute atomic E-state index is 0.0589. The van der Waals surface area contributed by atoms with E-state index in [0.29, 0.717) is 28.1 Å². The summed E-state index contributed by atoms with van der Waals surface area (Å²) in [5.74, 6) is 2.98. The summed E-state index contributed by atoms with van der Waals surface area (Å²) in [5, 5.41) is 21.2. The number of aliphatic hydroxyl groups is 2. The molecule has 0 aromatic carbocycles. The lowest BCUT2D eigenvalue weighted by Gasteiger charge is -2.59. The van der Waals surface area contributed by atoms with E-state index in [4.69, 9.17) is 0 Å². The molecule has 5 aliphatic carbocycles. The van der Waals surface area contributed by atoms with Gasteiger partial charge in [0.05, 0.1) is 12.2 Å². The van der Waals surface area contributed by atoms with Crippen molar-refractivity contribution in [2.45, 2.75) is 77.4 Å². The number of aliphatic hydroxyl groups excluding tert-OH is 2. The molecule has 2 N–H and O–H groups in total. The van der Waals surface area contributed by atoms with E-state index in [9.17, 15) is 10.2 Å². The van der Waals surface area contributed by atoms with Crippen molar-refractivity contribution in [1.82, 2.24) is 0 Å². The second-order valence-electron chi connectivity index (χ2n) is 9.81. The van der Waals surface area contributed by atoms with Gasteiger partial charge in [-0.05, 0) is 85.9 Å². The van der Waals surface area contributed by atoms with Gasteiger partial charge >= 0.3 is 0 Å². The first-order valence-electron chi connectivity index (χ1n) is 9.27. The molecule has 5 rings (SSSR count). The maximum absolute atomic E-state index is 11.0. The fourth-order valence-electron chi connectivity index (χ4n) is 8.33. The molecule has 0 bridgehead atoms. The molecule has 0 heterocycles. The summed E-state index contributed by atoms with van der Waals surface area (Å²) in [6, 6.07) is 0. The van der Waals surface area contributed by atoms with Crippen molar-refractivity contribution < 1.29 is 10.2 Å². The molecule has 5 aliphatic rings. The highest BCUT2D eigenvalue weighted by atomic mass is 16.3. The summed E-state index contributed by atoms with van der Waals surface area (Å²) in [7, 11) is 0.